The van der Waals surface area contributed by atoms with E-state index in [-0.39, 0.29) is 18.2 Å². The van der Waals surface area contributed by atoms with Gasteiger partial charge in [-0.25, -0.2) is 13.1 Å². The monoisotopic (exact) mass is 349 g/mol. The molecule has 0 saturated heterocycles. The fourth-order valence-electron chi connectivity index (χ4n) is 2.75. The van der Waals surface area contributed by atoms with Crippen molar-refractivity contribution in [3.05, 3.63) is 47.0 Å². The van der Waals surface area contributed by atoms with Crippen LogP contribution < -0.4 is 18.9 Å². The van der Waals surface area contributed by atoms with E-state index < -0.39 is 10.0 Å². The van der Waals surface area contributed by atoms with Crippen LogP contribution in [-0.4, -0.2) is 22.3 Å². The molecule has 0 saturated carbocycles. The number of rotatable bonds is 5. The number of hydrogen-bond donors (Lipinski definition) is 1. The van der Waals surface area contributed by atoms with Crippen molar-refractivity contribution < 1.29 is 22.6 Å². The van der Waals surface area contributed by atoms with Gasteiger partial charge in [0.25, 0.3) is 0 Å². The minimum absolute atomic E-state index is 0.171. The Balaban J connectivity index is 1.82. The van der Waals surface area contributed by atoms with Crippen molar-refractivity contribution in [1.82, 2.24) is 4.72 Å². The third kappa shape index (κ3) is 3.18. The van der Waals surface area contributed by atoms with E-state index in [0.717, 1.165) is 5.56 Å². The van der Waals surface area contributed by atoms with Crippen molar-refractivity contribution in [1.29, 1.82) is 0 Å². The maximum Gasteiger partial charge on any atom is 0.241 e. The predicted octanol–water partition coefficient (Wildman–Crippen LogP) is 2.52. The SMILES string of the molecule is COc1cc(C)c(S(=O)(=O)NCc2ccc3c(c2)OCO3)c(C)c1. The molecule has 0 radical (unpaired) electrons. The highest BCUT2D eigenvalue weighted by atomic mass is 32.2. The van der Waals surface area contributed by atoms with Gasteiger partial charge in [0.2, 0.25) is 16.8 Å². The summed E-state index contributed by atoms with van der Waals surface area (Å²) in [5.74, 6) is 1.94. The molecule has 0 bridgehead atoms. The molecule has 3 rings (SSSR count). The Morgan fingerprint density at radius 3 is 2.42 bits per heavy atom. The van der Waals surface area contributed by atoms with E-state index in [4.69, 9.17) is 14.2 Å². The van der Waals surface area contributed by atoms with Gasteiger partial charge in [-0.15, -0.1) is 0 Å². The summed E-state index contributed by atoms with van der Waals surface area (Å²) < 4.78 is 43.7. The lowest BCUT2D eigenvalue weighted by atomic mass is 10.1. The zero-order valence-corrected chi connectivity index (χ0v) is 14.6. The molecule has 0 spiro atoms. The summed E-state index contributed by atoms with van der Waals surface area (Å²) >= 11 is 0. The minimum Gasteiger partial charge on any atom is -0.497 e. The smallest absolute Gasteiger partial charge is 0.241 e. The topological polar surface area (TPSA) is 73.9 Å². The van der Waals surface area contributed by atoms with Crippen LogP contribution in [0.3, 0.4) is 0 Å². The number of hydrogen-bond acceptors (Lipinski definition) is 5. The summed E-state index contributed by atoms with van der Waals surface area (Å²) in [6, 6.07) is 8.78. The first kappa shape index (κ1) is 16.6. The highest BCUT2D eigenvalue weighted by Gasteiger charge is 2.21. The summed E-state index contributed by atoms with van der Waals surface area (Å²) in [5.41, 5.74) is 2.08. The highest BCUT2D eigenvalue weighted by molar-refractivity contribution is 7.89. The third-order valence-corrected chi connectivity index (χ3v) is 5.55. The number of aryl methyl sites for hydroxylation is 2. The fourth-order valence-corrected chi connectivity index (χ4v) is 4.22. The van der Waals surface area contributed by atoms with Gasteiger partial charge in [0.1, 0.15) is 5.75 Å². The Labute approximate surface area is 141 Å². The fraction of sp³-hybridized carbons (Fsp3) is 0.294. The molecule has 2 aromatic carbocycles. The highest BCUT2D eigenvalue weighted by Crippen LogP contribution is 2.32. The molecule has 0 aliphatic carbocycles. The molecule has 1 N–H and O–H groups in total. The van der Waals surface area contributed by atoms with Crippen molar-refractivity contribution in [2.45, 2.75) is 25.3 Å². The van der Waals surface area contributed by atoms with Gasteiger partial charge in [0, 0.05) is 6.54 Å². The van der Waals surface area contributed by atoms with Gasteiger partial charge in [-0.05, 0) is 54.8 Å². The van der Waals surface area contributed by atoms with Gasteiger partial charge < -0.3 is 14.2 Å². The molecular weight excluding hydrogens is 330 g/mol. The molecule has 1 aliphatic heterocycles. The summed E-state index contributed by atoms with van der Waals surface area (Å²) in [4.78, 5) is 0.282. The Morgan fingerprint density at radius 2 is 1.75 bits per heavy atom. The van der Waals surface area contributed by atoms with Crippen molar-refractivity contribution in [2.24, 2.45) is 0 Å². The Hall–Kier alpha value is -2.25. The Kier molecular flexibility index (Phi) is 4.38. The average molecular weight is 349 g/mol. The maximum absolute atomic E-state index is 12.7. The largest absolute Gasteiger partial charge is 0.497 e. The van der Waals surface area contributed by atoms with Gasteiger partial charge in [0.05, 0.1) is 12.0 Å². The van der Waals surface area contributed by atoms with Crippen molar-refractivity contribution >= 4 is 10.0 Å². The second kappa shape index (κ2) is 6.33. The molecular formula is C17H19NO5S. The van der Waals surface area contributed by atoms with E-state index >= 15 is 0 Å². The number of nitrogens with one attached hydrogen (secondary N) is 1. The molecule has 0 atom stereocenters. The second-order valence-corrected chi connectivity index (χ2v) is 7.31. The summed E-state index contributed by atoms with van der Waals surface area (Å²) in [6.07, 6.45) is 0. The molecule has 7 heteroatoms. The van der Waals surface area contributed by atoms with E-state index in [1.807, 2.05) is 6.07 Å². The van der Waals surface area contributed by atoms with Crippen LogP contribution in [0.25, 0.3) is 0 Å². The molecule has 0 amide bonds. The van der Waals surface area contributed by atoms with Crippen LogP contribution >= 0.6 is 0 Å². The Morgan fingerprint density at radius 1 is 1.08 bits per heavy atom. The summed E-state index contributed by atoms with van der Waals surface area (Å²) in [5, 5.41) is 0. The van der Waals surface area contributed by atoms with Crippen LogP contribution in [0.2, 0.25) is 0 Å². The lowest BCUT2D eigenvalue weighted by Gasteiger charge is -2.14. The molecule has 128 valence electrons. The normalized spacial score (nSPS) is 13.1. The van der Waals surface area contributed by atoms with Crippen LogP contribution in [0.5, 0.6) is 17.2 Å². The van der Waals surface area contributed by atoms with Gasteiger partial charge in [-0.1, -0.05) is 6.07 Å². The van der Waals surface area contributed by atoms with Crippen LogP contribution in [0.1, 0.15) is 16.7 Å². The van der Waals surface area contributed by atoms with Gasteiger partial charge in [-0.3, -0.25) is 0 Å². The number of sulfonamides is 1. The maximum atomic E-state index is 12.7. The molecule has 1 heterocycles. The van der Waals surface area contributed by atoms with E-state index in [9.17, 15) is 8.42 Å². The number of methoxy groups -OCH3 is 1. The molecule has 0 aromatic heterocycles. The zero-order chi connectivity index (χ0) is 17.3. The lowest BCUT2D eigenvalue weighted by Crippen LogP contribution is -2.24. The predicted molar refractivity (Wildman–Crippen MR) is 89.1 cm³/mol. The number of benzene rings is 2. The Bertz CT molecular complexity index is 854. The van der Waals surface area contributed by atoms with E-state index in [0.29, 0.717) is 28.4 Å². The first-order valence-electron chi connectivity index (χ1n) is 7.44. The van der Waals surface area contributed by atoms with Crippen molar-refractivity contribution in [2.75, 3.05) is 13.9 Å². The quantitative estimate of drug-likeness (QED) is 0.898. The number of fused-ring (bicyclic) bond motifs is 1. The van der Waals surface area contributed by atoms with E-state index in [1.165, 1.54) is 0 Å². The first-order chi connectivity index (χ1) is 11.4. The zero-order valence-electron chi connectivity index (χ0n) is 13.8. The molecule has 1 aliphatic rings. The lowest BCUT2D eigenvalue weighted by molar-refractivity contribution is 0.174. The molecule has 24 heavy (non-hydrogen) atoms. The van der Waals surface area contributed by atoms with Crippen LogP contribution in [0.4, 0.5) is 0 Å². The average Bonchev–Trinajstić information content (AvgIpc) is 2.99. The first-order valence-corrected chi connectivity index (χ1v) is 8.92. The van der Waals surface area contributed by atoms with Crippen LogP contribution in [0.15, 0.2) is 35.2 Å². The standard InChI is InChI=1S/C17H19NO5S/c1-11-6-14(21-3)7-12(2)17(11)24(19,20)18-9-13-4-5-15-16(8-13)23-10-22-15/h4-8,18H,9-10H2,1-3H3. The molecule has 6 nitrogen and oxygen atoms in total. The minimum atomic E-state index is -3.64. The van der Waals surface area contributed by atoms with Crippen molar-refractivity contribution in [3.63, 3.8) is 0 Å². The second-order valence-electron chi connectivity index (χ2n) is 5.60. The van der Waals surface area contributed by atoms with Gasteiger partial charge in [-0.2, -0.15) is 0 Å². The van der Waals surface area contributed by atoms with E-state index in [2.05, 4.69) is 4.72 Å². The molecule has 0 fully saturated rings. The molecule has 2 aromatic rings. The molecule has 0 unspecified atom stereocenters. The van der Waals surface area contributed by atoms with Crippen LogP contribution in [0, 0.1) is 13.8 Å². The van der Waals surface area contributed by atoms with Gasteiger partial charge >= 0.3 is 0 Å². The summed E-state index contributed by atoms with van der Waals surface area (Å²) in [6.45, 7) is 3.87. The van der Waals surface area contributed by atoms with Gasteiger partial charge in [0.15, 0.2) is 11.5 Å². The summed E-state index contributed by atoms with van der Waals surface area (Å²) in [7, 11) is -2.08. The number of ether oxygens (including phenoxy) is 3. The van der Waals surface area contributed by atoms with Crippen molar-refractivity contribution in [3.8, 4) is 17.2 Å². The third-order valence-electron chi connectivity index (χ3n) is 3.84. The van der Waals surface area contributed by atoms with E-state index in [1.54, 1.807) is 45.2 Å². The van der Waals surface area contributed by atoms with Crippen LogP contribution in [-0.2, 0) is 16.6 Å².